The average Bonchev–Trinajstić information content (AvgIpc) is 3.10. The number of hydrogen-bond acceptors (Lipinski definition) is 4. The van der Waals surface area contributed by atoms with E-state index in [9.17, 15) is 9.18 Å². The van der Waals surface area contributed by atoms with Crippen molar-refractivity contribution in [2.45, 2.75) is 6.54 Å². The zero-order valence-electron chi connectivity index (χ0n) is 14.9. The Hall–Kier alpha value is -3.55. The van der Waals surface area contributed by atoms with Gasteiger partial charge in [-0.25, -0.2) is 9.18 Å². The number of amides is 2. The summed E-state index contributed by atoms with van der Waals surface area (Å²) < 4.78 is 25.6. The first-order chi connectivity index (χ1) is 13.1. The van der Waals surface area contributed by atoms with Gasteiger partial charge in [-0.1, -0.05) is 18.2 Å². The average molecular weight is 370 g/mol. The van der Waals surface area contributed by atoms with Gasteiger partial charge in [0.2, 0.25) is 0 Å². The van der Waals surface area contributed by atoms with Crippen LogP contribution < -0.4 is 20.1 Å². The number of methoxy groups -OCH3 is 2. The first-order valence-corrected chi connectivity index (χ1v) is 8.15. The second kappa shape index (κ2) is 8.22. The number of carbonyl (C=O) groups is 1. The predicted molar refractivity (Wildman–Crippen MR) is 99.9 cm³/mol. The van der Waals surface area contributed by atoms with Gasteiger partial charge in [-0.2, -0.15) is 5.10 Å². The molecule has 0 fully saturated rings. The Bertz CT molecular complexity index is 942. The Morgan fingerprint density at radius 3 is 2.70 bits per heavy atom. The van der Waals surface area contributed by atoms with Gasteiger partial charge in [-0.05, 0) is 18.2 Å². The number of nitrogens with one attached hydrogen (secondary N) is 2. The lowest BCUT2D eigenvalue weighted by atomic mass is 10.2. The zero-order valence-corrected chi connectivity index (χ0v) is 14.9. The lowest BCUT2D eigenvalue weighted by Crippen LogP contribution is -2.19. The summed E-state index contributed by atoms with van der Waals surface area (Å²) in [6.45, 7) is 0.264. The van der Waals surface area contributed by atoms with Crippen molar-refractivity contribution in [3.8, 4) is 11.5 Å². The molecule has 0 bridgehead atoms. The van der Waals surface area contributed by atoms with E-state index in [0.29, 0.717) is 28.4 Å². The lowest BCUT2D eigenvalue weighted by molar-refractivity contribution is 0.262. The Morgan fingerprint density at radius 1 is 1.15 bits per heavy atom. The maximum Gasteiger partial charge on any atom is 0.323 e. The van der Waals surface area contributed by atoms with E-state index in [1.807, 2.05) is 0 Å². The molecule has 0 unspecified atom stereocenters. The number of halogens is 1. The smallest absolute Gasteiger partial charge is 0.323 e. The number of carbonyl (C=O) groups excluding carboxylic acids is 1. The van der Waals surface area contributed by atoms with Gasteiger partial charge in [0.15, 0.2) is 0 Å². The molecular formula is C19H19FN4O3. The van der Waals surface area contributed by atoms with Crippen molar-refractivity contribution in [1.29, 1.82) is 0 Å². The third-order valence-electron chi connectivity index (χ3n) is 3.84. The monoisotopic (exact) mass is 370 g/mol. The van der Waals surface area contributed by atoms with Crippen molar-refractivity contribution in [3.05, 3.63) is 66.2 Å². The normalized spacial score (nSPS) is 10.3. The fraction of sp³-hybridized carbons (Fsp3) is 0.158. The summed E-state index contributed by atoms with van der Waals surface area (Å²) in [4.78, 5) is 12.3. The van der Waals surface area contributed by atoms with Crippen molar-refractivity contribution in [2.24, 2.45) is 0 Å². The highest BCUT2D eigenvalue weighted by atomic mass is 19.1. The molecule has 1 heterocycles. The minimum Gasteiger partial charge on any atom is -0.497 e. The first kappa shape index (κ1) is 18.2. The summed E-state index contributed by atoms with van der Waals surface area (Å²) in [5.74, 6) is 0.787. The number of anilines is 2. The molecule has 2 aromatic carbocycles. The van der Waals surface area contributed by atoms with Crippen LogP contribution in [0.4, 0.5) is 20.6 Å². The predicted octanol–water partition coefficient (Wildman–Crippen LogP) is 3.73. The molecule has 7 nitrogen and oxygen atoms in total. The minimum absolute atomic E-state index is 0.264. The molecule has 140 valence electrons. The third-order valence-corrected chi connectivity index (χ3v) is 3.84. The van der Waals surface area contributed by atoms with Gasteiger partial charge < -0.3 is 20.1 Å². The maximum atomic E-state index is 13.7. The van der Waals surface area contributed by atoms with Gasteiger partial charge in [0.1, 0.15) is 17.3 Å². The largest absolute Gasteiger partial charge is 0.497 e. The van der Waals surface area contributed by atoms with Gasteiger partial charge in [-0.15, -0.1) is 0 Å². The van der Waals surface area contributed by atoms with Crippen LogP contribution in [0.15, 0.2) is 54.9 Å². The summed E-state index contributed by atoms with van der Waals surface area (Å²) in [6, 6.07) is 11.1. The molecular weight excluding hydrogens is 351 g/mol. The number of benzene rings is 2. The Kier molecular flexibility index (Phi) is 5.55. The molecule has 2 N–H and O–H groups in total. The van der Waals surface area contributed by atoms with Crippen LogP contribution in [0.25, 0.3) is 0 Å². The highest BCUT2D eigenvalue weighted by Gasteiger charge is 2.11. The van der Waals surface area contributed by atoms with Gasteiger partial charge >= 0.3 is 6.03 Å². The number of hydrogen-bond donors (Lipinski definition) is 2. The molecule has 2 amide bonds. The summed E-state index contributed by atoms with van der Waals surface area (Å²) in [5, 5.41) is 9.51. The molecule has 0 aliphatic carbocycles. The molecule has 0 aliphatic rings. The summed E-state index contributed by atoms with van der Waals surface area (Å²) in [6.07, 6.45) is 3.11. The molecule has 0 saturated heterocycles. The second-order valence-corrected chi connectivity index (χ2v) is 5.66. The zero-order chi connectivity index (χ0) is 19.2. The molecule has 0 saturated carbocycles. The summed E-state index contributed by atoms with van der Waals surface area (Å²) >= 11 is 0. The van der Waals surface area contributed by atoms with E-state index in [1.54, 1.807) is 47.3 Å². The van der Waals surface area contributed by atoms with Crippen LogP contribution in [0.2, 0.25) is 0 Å². The molecule has 1 aromatic heterocycles. The van der Waals surface area contributed by atoms with Crippen LogP contribution in [0.1, 0.15) is 5.56 Å². The second-order valence-electron chi connectivity index (χ2n) is 5.66. The summed E-state index contributed by atoms with van der Waals surface area (Å²) in [7, 11) is 3.05. The molecule has 8 heteroatoms. The SMILES string of the molecule is COc1ccc(OC)c(NC(=O)Nc2cnn(Cc3ccccc3F)c2)c1. The number of urea groups is 1. The standard InChI is InChI=1S/C19H19FN4O3/c1-26-15-7-8-18(27-2)17(9-15)23-19(25)22-14-10-21-24(12-14)11-13-5-3-4-6-16(13)20/h3-10,12H,11H2,1-2H3,(H2,22,23,25). The lowest BCUT2D eigenvalue weighted by Gasteiger charge is -2.11. The molecule has 3 rings (SSSR count). The van der Waals surface area contributed by atoms with Gasteiger partial charge in [0, 0.05) is 17.8 Å². The van der Waals surface area contributed by atoms with Crippen molar-refractivity contribution in [3.63, 3.8) is 0 Å². The van der Waals surface area contributed by atoms with Crippen molar-refractivity contribution in [2.75, 3.05) is 24.9 Å². The van der Waals surface area contributed by atoms with E-state index in [1.165, 1.54) is 26.5 Å². The molecule has 0 radical (unpaired) electrons. The summed E-state index contributed by atoms with van der Waals surface area (Å²) in [5.41, 5.74) is 1.46. The van der Waals surface area contributed by atoms with E-state index in [4.69, 9.17) is 9.47 Å². The highest BCUT2D eigenvalue weighted by molar-refractivity contribution is 6.00. The van der Waals surface area contributed by atoms with Crippen LogP contribution in [0.5, 0.6) is 11.5 Å². The molecule has 0 atom stereocenters. The van der Waals surface area contributed by atoms with Crippen molar-refractivity contribution in [1.82, 2.24) is 9.78 Å². The van der Waals surface area contributed by atoms with E-state index in [0.717, 1.165) is 0 Å². The quantitative estimate of drug-likeness (QED) is 0.693. The molecule has 0 spiro atoms. The van der Waals surface area contributed by atoms with Gasteiger partial charge in [-0.3, -0.25) is 4.68 Å². The van der Waals surface area contributed by atoms with Crippen LogP contribution in [0.3, 0.4) is 0 Å². The Labute approximate surface area is 155 Å². The molecule has 27 heavy (non-hydrogen) atoms. The maximum absolute atomic E-state index is 13.7. The number of ether oxygens (including phenoxy) is 2. The fourth-order valence-corrected chi connectivity index (χ4v) is 2.51. The van der Waals surface area contributed by atoms with E-state index >= 15 is 0 Å². The minimum atomic E-state index is -0.466. The van der Waals surface area contributed by atoms with E-state index in [-0.39, 0.29) is 12.4 Å². The van der Waals surface area contributed by atoms with Gasteiger partial charge in [0.25, 0.3) is 0 Å². The van der Waals surface area contributed by atoms with Crippen LogP contribution in [0, 0.1) is 5.82 Å². The number of nitrogens with zero attached hydrogens (tertiary/aromatic N) is 2. The number of aromatic nitrogens is 2. The van der Waals surface area contributed by atoms with Crippen molar-refractivity contribution < 1.29 is 18.7 Å². The Balaban J connectivity index is 1.65. The van der Waals surface area contributed by atoms with E-state index in [2.05, 4.69) is 15.7 Å². The topological polar surface area (TPSA) is 77.4 Å². The molecule has 0 aliphatic heterocycles. The highest BCUT2D eigenvalue weighted by Crippen LogP contribution is 2.29. The third kappa shape index (κ3) is 4.55. The van der Waals surface area contributed by atoms with Crippen molar-refractivity contribution >= 4 is 17.4 Å². The Morgan fingerprint density at radius 2 is 1.96 bits per heavy atom. The van der Waals surface area contributed by atoms with Crippen LogP contribution in [-0.4, -0.2) is 30.0 Å². The van der Waals surface area contributed by atoms with Crippen LogP contribution >= 0.6 is 0 Å². The molecule has 3 aromatic rings. The fourth-order valence-electron chi connectivity index (χ4n) is 2.51. The van der Waals surface area contributed by atoms with E-state index < -0.39 is 6.03 Å². The van der Waals surface area contributed by atoms with Crippen LogP contribution in [-0.2, 0) is 6.54 Å². The van der Waals surface area contributed by atoms with Gasteiger partial charge in [0.05, 0.1) is 38.3 Å². The first-order valence-electron chi connectivity index (χ1n) is 8.15. The number of rotatable bonds is 6.